The molecular weight excluding hydrogens is 220 g/mol. The van der Waals surface area contributed by atoms with Gasteiger partial charge in [-0.15, -0.1) is 11.3 Å². The largest absolute Gasteiger partial charge is 0.370 e. The van der Waals surface area contributed by atoms with E-state index in [4.69, 9.17) is 5.73 Å². The number of carbonyl (C=O) groups excluding carboxylic acids is 1. The summed E-state index contributed by atoms with van der Waals surface area (Å²) in [6.45, 7) is 1.43. The molecule has 1 aromatic carbocycles. The van der Waals surface area contributed by atoms with E-state index in [0.717, 1.165) is 6.54 Å². The normalized spacial score (nSPS) is 10.8. The number of nitrogens with two attached hydrogens (primary N) is 1. The van der Waals surface area contributed by atoms with Gasteiger partial charge in [0.2, 0.25) is 5.91 Å². The van der Waals surface area contributed by atoms with Crippen LogP contribution in [0.3, 0.4) is 0 Å². The Morgan fingerprint density at radius 1 is 1.38 bits per heavy atom. The second-order valence-corrected chi connectivity index (χ2v) is 4.56. The zero-order chi connectivity index (χ0) is 11.4. The van der Waals surface area contributed by atoms with Crippen LogP contribution in [0.2, 0.25) is 0 Å². The Kier molecular flexibility index (Phi) is 3.54. The number of hydrogen-bond acceptors (Lipinski definition) is 3. The fourth-order valence-corrected chi connectivity index (χ4v) is 2.57. The predicted molar refractivity (Wildman–Crippen MR) is 67.3 cm³/mol. The highest BCUT2D eigenvalue weighted by Gasteiger charge is 2.02. The number of nitrogens with one attached hydrogen (secondary N) is 1. The van der Waals surface area contributed by atoms with Gasteiger partial charge < -0.3 is 11.1 Å². The van der Waals surface area contributed by atoms with E-state index in [1.54, 1.807) is 11.3 Å². The molecule has 1 heterocycles. The second kappa shape index (κ2) is 5.09. The lowest BCUT2D eigenvalue weighted by atomic mass is 10.2. The summed E-state index contributed by atoms with van der Waals surface area (Å²) >= 11 is 1.75. The second-order valence-electron chi connectivity index (χ2n) is 3.65. The Morgan fingerprint density at radius 2 is 2.19 bits per heavy atom. The first-order valence-electron chi connectivity index (χ1n) is 5.21. The van der Waals surface area contributed by atoms with Crippen molar-refractivity contribution in [2.45, 2.75) is 13.0 Å². The number of primary amides is 1. The van der Waals surface area contributed by atoms with Crippen molar-refractivity contribution in [2.75, 3.05) is 6.54 Å². The van der Waals surface area contributed by atoms with Gasteiger partial charge in [-0.2, -0.15) is 0 Å². The number of rotatable bonds is 5. The molecule has 2 rings (SSSR count). The Balaban J connectivity index is 1.97. The average molecular weight is 234 g/mol. The fraction of sp³-hybridized carbons (Fsp3) is 0.250. The zero-order valence-corrected chi connectivity index (χ0v) is 9.72. The molecule has 0 atom stereocenters. The number of amides is 1. The van der Waals surface area contributed by atoms with E-state index in [1.165, 1.54) is 15.6 Å². The molecule has 0 spiro atoms. The summed E-state index contributed by atoms with van der Waals surface area (Å²) in [4.78, 5) is 10.6. The van der Waals surface area contributed by atoms with E-state index >= 15 is 0 Å². The summed E-state index contributed by atoms with van der Waals surface area (Å²) in [5, 5.41) is 6.66. The van der Waals surface area contributed by atoms with E-state index in [2.05, 4.69) is 22.8 Å². The molecule has 0 saturated carbocycles. The van der Waals surface area contributed by atoms with Crippen molar-refractivity contribution in [3.05, 3.63) is 35.2 Å². The Hall–Kier alpha value is -1.39. The smallest absolute Gasteiger partial charge is 0.218 e. The van der Waals surface area contributed by atoms with Crippen molar-refractivity contribution in [2.24, 2.45) is 5.73 Å². The SMILES string of the molecule is NC(=O)CCNCc1csc2ccccc12. The minimum atomic E-state index is -0.261. The Morgan fingerprint density at radius 3 is 3.00 bits per heavy atom. The van der Waals surface area contributed by atoms with Crippen LogP contribution in [0.5, 0.6) is 0 Å². The standard InChI is InChI=1S/C12H14N2OS/c13-12(15)5-6-14-7-9-8-16-11-4-2-1-3-10(9)11/h1-4,8,14H,5-7H2,(H2,13,15). The topological polar surface area (TPSA) is 55.1 Å². The van der Waals surface area contributed by atoms with Crippen molar-refractivity contribution in [3.63, 3.8) is 0 Å². The molecule has 0 unspecified atom stereocenters. The van der Waals surface area contributed by atoms with Crippen LogP contribution in [-0.2, 0) is 11.3 Å². The fourth-order valence-electron chi connectivity index (χ4n) is 1.60. The molecule has 2 aromatic rings. The highest BCUT2D eigenvalue weighted by atomic mass is 32.1. The average Bonchev–Trinajstić information content (AvgIpc) is 2.68. The lowest BCUT2D eigenvalue weighted by Gasteiger charge is -2.01. The van der Waals surface area contributed by atoms with E-state index < -0.39 is 0 Å². The first-order valence-corrected chi connectivity index (χ1v) is 6.09. The van der Waals surface area contributed by atoms with Gasteiger partial charge in [-0.3, -0.25) is 4.79 Å². The number of fused-ring (bicyclic) bond motifs is 1. The van der Waals surface area contributed by atoms with Crippen LogP contribution in [0, 0.1) is 0 Å². The molecule has 3 nitrogen and oxygen atoms in total. The lowest BCUT2D eigenvalue weighted by Crippen LogP contribution is -2.21. The minimum absolute atomic E-state index is 0.261. The molecule has 0 aliphatic carbocycles. The van der Waals surface area contributed by atoms with Crippen molar-refractivity contribution in [3.8, 4) is 0 Å². The molecule has 4 heteroatoms. The Bertz CT molecular complexity index is 492. The van der Waals surface area contributed by atoms with Crippen LogP contribution in [0.25, 0.3) is 10.1 Å². The van der Waals surface area contributed by atoms with Gasteiger partial charge in [0.15, 0.2) is 0 Å². The molecule has 1 aromatic heterocycles. The van der Waals surface area contributed by atoms with Crippen molar-refractivity contribution in [1.29, 1.82) is 0 Å². The van der Waals surface area contributed by atoms with E-state index in [0.29, 0.717) is 13.0 Å². The third kappa shape index (κ3) is 2.59. The third-order valence-electron chi connectivity index (χ3n) is 2.42. The van der Waals surface area contributed by atoms with Crippen molar-refractivity contribution >= 4 is 27.3 Å². The van der Waals surface area contributed by atoms with Gasteiger partial charge in [-0.1, -0.05) is 18.2 Å². The number of thiophene rings is 1. The molecule has 0 aliphatic rings. The van der Waals surface area contributed by atoms with Crippen molar-refractivity contribution in [1.82, 2.24) is 5.32 Å². The summed E-state index contributed by atoms with van der Waals surface area (Å²) in [5.41, 5.74) is 6.35. The van der Waals surface area contributed by atoms with Crippen LogP contribution >= 0.6 is 11.3 Å². The lowest BCUT2D eigenvalue weighted by molar-refractivity contribution is -0.117. The van der Waals surface area contributed by atoms with Crippen LogP contribution in [0.15, 0.2) is 29.6 Å². The summed E-state index contributed by atoms with van der Waals surface area (Å²) in [5.74, 6) is -0.261. The van der Waals surface area contributed by atoms with Gasteiger partial charge in [0.05, 0.1) is 0 Å². The third-order valence-corrected chi connectivity index (χ3v) is 3.44. The van der Waals surface area contributed by atoms with Crippen LogP contribution in [0.4, 0.5) is 0 Å². The molecular formula is C12H14N2OS. The molecule has 84 valence electrons. The summed E-state index contributed by atoms with van der Waals surface area (Å²) in [6.07, 6.45) is 0.391. The maximum atomic E-state index is 10.6. The minimum Gasteiger partial charge on any atom is -0.370 e. The molecule has 0 saturated heterocycles. The van der Waals surface area contributed by atoms with Gasteiger partial charge in [-0.25, -0.2) is 0 Å². The van der Waals surface area contributed by atoms with E-state index in [1.807, 2.05) is 12.1 Å². The maximum absolute atomic E-state index is 10.6. The molecule has 0 fully saturated rings. The Labute approximate surface area is 98.3 Å². The van der Waals surface area contributed by atoms with Gasteiger partial charge in [0.1, 0.15) is 0 Å². The van der Waals surface area contributed by atoms with Crippen LogP contribution in [-0.4, -0.2) is 12.5 Å². The molecule has 1 amide bonds. The summed E-state index contributed by atoms with van der Waals surface area (Å²) in [7, 11) is 0. The first-order chi connectivity index (χ1) is 7.77. The van der Waals surface area contributed by atoms with Gasteiger partial charge in [-0.05, 0) is 22.4 Å². The maximum Gasteiger partial charge on any atom is 0.218 e. The summed E-state index contributed by atoms with van der Waals surface area (Å²) in [6, 6.07) is 8.33. The molecule has 16 heavy (non-hydrogen) atoms. The van der Waals surface area contributed by atoms with Crippen LogP contribution in [0.1, 0.15) is 12.0 Å². The van der Waals surface area contributed by atoms with Gasteiger partial charge in [0, 0.05) is 24.2 Å². The first kappa shape index (κ1) is 11.1. The number of hydrogen-bond donors (Lipinski definition) is 2. The van der Waals surface area contributed by atoms with Gasteiger partial charge >= 0.3 is 0 Å². The van der Waals surface area contributed by atoms with E-state index in [-0.39, 0.29) is 5.91 Å². The van der Waals surface area contributed by atoms with E-state index in [9.17, 15) is 4.79 Å². The molecule has 0 radical (unpaired) electrons. The number of carbonyl (C=O) groups is 1. The highest BCUT2D eigenvalue weighted by Crippen LogP contribution is 2.25. The highest BCUT2D eigenvalue weighted by molar-refractivity contribution is 7.17. The predicted octanol–water partition coefficient (Wildman–Crippen LogP) is 1.87. The zero-order valence-electron chi connectivity index (χ0n) is 8.90. The van der Waals surface area contributed by atoms with Crippen LogP contribution < -0.4 is 11.1 Å². The molecule has 3 N–H and O–H groups in total. The quantitative estimate of drug-likeness (QED) is 0.776. The number of benzene rings is 1. The molecule has 0 bridgehead atoms. The monoisotopic (exact) mass is 234 g/mol. The molecule has 0 aliphatic heterocycles. The summed E-state index contributed by atoms with van der Waals surface area (Å²) < 4.78 is 1.30. The van der Waals surface area contributed by atoms with Gasteiger partial charge in [0.25, 0.3) is 0 Å². The van der Waals surface area contributed by atoms with Crippen molar-refractivity contribution < 1.29 is 4.79 Å².